The molecule has 0 rings (SSSR count). The molecule has 4 N–H and O–H groups in total. The SMILES string of the molecule is COCC(NCCNC(N)=O)C(C)C. The van der Waals surface area contributed by atoms with Crippen LogP contribution in [0.3, 0.4) is 0 Å². The number of nitrogens with one attached hydrogen (secondary N) is 2. The van der Waals surface area contributed by atoms with Gasteiger partial charge in [0.15, 0.2) is 0 Å². The van der Waals surface area contributed by atoms with Crippen molar-refractivity contribution < 1.29 is 9.53 Å². The zero-order valence-electron chi connectivity index (χ0n) is 9.17. The first-order valence-electron chi connectivity index (χ1n) is 4.83. The van der Waals surface area contributed by atoms with Gasteiger partial charge in [-0.05, 0) is 5.92 Å². The van der Waals surface area contributed by atoms with Crippen molar-refractivity contribution in [2.75, 3.05) is 26.8 Å². The third-order valence-electron chi connectivity index (χ3n) is 1.98. The molecule has 14 heavy (non-hydrogen) atoms. The number of hydrogen-bond donors (Lipinski definition) is 3. The van der Waals surface area contributed by atoms with Gasteiger partial charge in [-0.3, -0.25) is 0 Å². The van der Waals surface area contributed by atoms with Crippen molar-refractivity contribution in [1.82, 2.24) is 10.6 Å². The zero-order valence-corrected chi connectivity index (χ0v) is 9.17. The predicted molar refractivity (Wildman–Crippen MR) is 56.1 cm³/mol. The topological polar surface area (TPSA) is 76.4 Å². The van der Waals surface area contributed by atoms with E-state index in [0.29, 0.717) is 31.7 Å². The molecule has 1 unspecified atom stereocenters. The molecule has 0 aliphatic carbocycles. The van der Waals surface area contributed by atoms with Crippen molar-refractivity contribution >= 4 is 6.03 Å². The Morgan fingerprint density at radius 2 is 2.07 bits per heavy atom. The molecule has 0 saturated heterocycles. The van der Waals surface area contributed by atoms with Gasteiger partial charge in [-0.2, -0.15) is 0 Å². The van der Waals surface area contributed by atoms with Gasteiger partial charge in [0.05, 0.1) is 6.61 Å². The highest BCUT2D eigenvalue weighted by Gasteiger charge is 2.11. The van der Waals surface area contributed by atoms with Crippen LogP contribution in [0.4, 0.5) is 4.79 Å². The van der Waals surface area contributed by atoms with E-state index in [2.05, 4.69) is 24.5 Å². The van der Waals surface area contributed by atoms with Crippen molar-refractivity contribution in [1.29, 1.82) is 0 Å². The Labute approximate surface area is 85.4 Å². The van der Waals surface area contributed by atoms with Gasteiger partial charge >= 0.3 is 6.03 Å². The second-order valence-corrected chi connectivity index (χ2v) is 3.55. The van der Waals surface area contributed by atoms with Crippen LogP contribution in [0.15, 0.2) is 0 Å². The van der Waals surface area contributed by atoms with Crippen molar-refractivity contribution in [3.8, 4) is 0 Å². The lowest BCUT2D eigenvalue weighted by atomic mass is 10.1. The van der Waals surface area contributed by atoms with Gasteiger partial charge in [-0.25, -0.2) is 4.79 Å². The number of carbonyl (C=O) groups is 1. The summed E-state index contributed by atoms with van der Waals surface area (Å²) in [6.07, 6.45) is 0. The molecular formula is C9H21N3O2. The minimum Gasteiger partial charge on any atom is -0.383 e. The summed E-state index contributed by atoms with van der Waals surface area (Å²) in [5.74, 6) is 0.503. The van der Waals surface area contributed by atoms with Gasteiger partial charge in [0.1, 0.15) is 0 Å². The van der Waals surface area contributed by atoms with Gasteiger partial charge < -0.3 is 21.1 Å². The van der Waals surface area contributed by atoms with E-state index in [1.54, 1.807) is 7.11 Å². The Bertz CT molecular complexity index is 162. The summed E-state index contributed by atoms with van der Waals surface area (Å²) in [5, 5.41) is 5.80. The van der Waals surface area contributed by atoms with Crippen LogP contribution in [0.5, 0.6) is 0 Å². The lowest BCUT2D eigenvalue weighted by molar-refractivity contribution is 0.147. The molecule has 0 aromatic carbocycles. The molecule has 0 radical (unpaired) electrons. The van der Waals surface area contributed by atoms with E-state index < -0.39 is 6.03 Å². The van der Waals surface area contributed by atoms with Gasteiger partial charge in [-0.15, -0.1) is 0 Å². The maximum Gasteiger partial charge on any atom is 0.312 e. The first-order chi connectivity index (χ1) is 6.57. The summed E-state index contributed by atoms with van der Waals surface area (Å²) < 4.78 is 5.07. The van der Waals surface area contributed by atoms with E-state index in [0.717, 1.165) is 0 Å². The third-order valence-corrected chi connectivity index (χ3v) is 1.98. The van der Waals surface area contributed by atoms with Crippen molar-refractivity contribution in [2.24, 2.45) is 11.7 Å². The molecule has 0 saturated carbocycles. The Morgan fingerprint density at radius 3 is 2.50 bits per heavy atom. The molecule has 0 bridgehead atoms. The second kappa shape index (κ2) is 7.58. The van der Waals surface area contributed by atoms with Crippen LogP contribution in [0.2, 0.25) is 0 Å². The molecule has 0 spiro atoms. The third kappa shape index (κ3) is 6.68. The normalized spacial score (nSPS) is 12.9. The molecule has 5 heteroatoms. The molecule has 84 valence electrons. The maximum atomic E-state index is 10.4. The molecule has 0 aliphatic heterocycles. The fraction of sp³-hybridized carbons (Fsp3) is 0.889. The summed E-state index contributed by atoms with van der Waals surface area (Å²) in [4.78, 5) is 10.4. The summed E-state index contributed by atoms with van der Waals surface area (Å²) in [6.45, 7) is 6.17. The lowest BCUT2D eigenvalue weighted by Gasteiger charge is -2.21. The van der Waals surface area contributed by atoms with E-state index in [1.807, 2.05) is 0 Å². The van der Waals surface area contributed by atoms with Crippen LogP contribution >= 0.6 is 0 Å². The Balaban J connectivity index is 3.55. The fourth-order valence-corrected chi connectivity index (χ4v) is 1.11. The van der Waals surface area contributed by atoms with Crippen molar-refractivity contribution in [3.63, 3.8) is 0 Å². The first kappa shape index (κ1) is 13.2. The number of primary amides is 1. The van der Waals surface area contributed by atoms with Crippen molar-refractivity contribution in [2.45, 2.75) is 19.9 Å². The number of carbonyl (C=O) groups excluding carboxylic acids is 1. The fourth-order valence-electron chi connectivity index (χ4n) is 1.11. The number of ether oxygens (including phenoxy) is 1. The van der Waals surface area contributed by atoms with Crippen LogP contribution in [-0.4, -0.2) is 38.9 Å². The van der Waals surface area contributed by atoms with E-state index in [1.165, 1.54) is 0 Å². The Morgan fingerprint density at radius 1 is 1.43 bits per heavy atom. The van der Waals surface area contributed by atoms with Crippen LogP contribution in [-0.2, 0) is 4.74 Å². The average Bonchev–Trinajstić information content (AvgIpc) is 2.09. The summed E-state index contributed by atoms with van der Waals surface area (Å²) in [6, 6.07) is -0.172. The number of rotatable bonds is 7. The zero-order chi connectivity index (χ0) is 11.0. The first-order valence-corrected chi connectivity index (χ1v) is 4.83. The minimum atomic E-state index is -0.486. The monoisotopic (exact) mass is 203 g/mol. The molecule has 5 nitrogen and oxygen atoms in total. The van der Waals surface area contributed by atoms with Crippen molar-refractivity contribution in [3.05, 3.63) is 0 Å². The molecule has 0 heterocycles. The maximum absolute atomic E-state index is 10.4. The summed E-state index contributed by atoms with van der Waals surface area (Å²) in [7, 11) is 1.68. The predicted octanol–water partition coefficient (Wildman–Crippen LogP) is -0.0847. The molecule has 0 fully saturated rings. The summed E-state index contributed by atoms with van der Waals surface area (Å²) >= 11 is 0. The second-order valence-electron chi connectivity index (χ2n) is 3.55. The van der Waals surface area contributed by atoms with E-state index >= 15 is 0 Å². The number of urea groups is 1. The molecular weight excluding hydrogens is 182 g/mol. The smallest absolute Gasteiger partial charge is 0.312 e. The summed E-state index contributed by atoms with van der Waals surface area (Å²) in [5.41, 5.74) is 4.93. The van der Waals surface area contributed by atoms with E-state index in [-0.39, 0.29) is 0 Å². The Kier molecular flexibility index (Phi) is 7.14. The lowest BCUT2D eigenvalue weighted by Crippen LogP contribution is -2.43. The molecule has 0 aromatic rings. The minimum absolute atomic E-state index is 0.315. The van der Waals surface area contributed by atoms with Crippen LogP contribution in [0.1, 0.15) is 13.8 Å². The highest BCUT2D eigenvalue weighted by molar-refractivity contribution is 5.71. The van der Waals surface area contributed by atoms with Gasteiger partial charge in [0.2, 0.25) is 0 Å². The van der Waals surface area contributed by atoms with Crippen LogP contribution in [0.25, 0.3) is 0 Å². The highest BCUT2D eigenvalue weighted by Crippen LogP contribution is 2.00. The largest absolute Gasteiger partial charge is 0.383 e. The average molecular weight is 203 g/mol. The number of methoxy groups -OCH3 is 1. The number of hydrogen-bond acceptors (Lipinski definition) is 3. The quantitative estimate of drug-likeness (QED) is 0.506. The van der Waals surface area contributed by atoms with Gasteiger partial charge in [0.25, 0.3) is 0 Å². The van der Waals surface area contributed by atoms with Gasteiger partial charge in [0, 0.05) is 26.2 Å². The van der Waals surface area contributed by atoms with E-state index in [9.17, 15) is 4.79 Å². The number of amides is 2. The van der Waals surface area contributed by atoms with Crippen LogP contribution < -0.4 is 16.4 Å². The molecule has 0 aromatic heterocycles. The molecule has 1 atom stereocenters. The van der Waals surface area contributed by atoms with Crippen LogP contribution in [0, 0.1) is 5.92 Å². The highest BCUT2D eigenvalue weighted by atomic mass is 16.5. The molecule has 0 aliphatic rings. The molecule has 2 amide bonds. The Hall–Kier alpha value is -0.810. The van der Waals surface area contributed by atoms with Gasteiger partial charge in [-0.1, -0.05) is 13.8 Å². The standard InChI is InChI=1S/C9H21N3O2/c1-7(2)8(6-14-3)11-4-5-12-9(10)13/h7-8,11H,4-6H2,1-3H3,(H3,10,12,13). The number of nitrogens with two attached hydrogens (primary N) is 1. The van der Waals surface area contributed by atoms with E-state index in [4.69, 9.17) is 10.5 Å².